The summed E-state index contributed by atoms with van der Waals surface area (Å²) < 4.78 is 0. The first-order valence-electron chi connectivity index (χ1n) is 5.03. The summed E-state index contributed by atoms with van der Waals surface area (Å²) in [6.07, 6.45) is 2.01. The molecule has 0 amide bonds. The average molecular weight is 258 g/mol. The van der Waals surface area contributed by atoms with Gasteiger partial charge in [0.15, 0.2) is 0 Å². The fraction of sp³-hybridized carbons (Fsp3) is 0.0714. The van der Waals surface area contributed by atoms with Crippen LogP contribution in [-0.4, -0.2) is 12.0 Å². The first kappa shape index (κ1) is 12.0. The summed E-state index contributed by atoms with van der Waals surface area (Å²) in [6, 6.07) is 11.3. The first-order valence-corrected chi connectivity index (χ1v) is 7.14. The van der Waals surface area contributed by atoms with E-state index in [0.29, 0.717) is 5.56 Å². The molecule has 3 heteroatoms. The van der Waals surface area contributed by atoms with Crippen molar-refractivity contribution < 1.29 is 4.79 Å². The van der Waals surface area contributed by atoms with E-state index in [9.17, 15) is 4.79 Å². The Morgan fingerprint density at radius 2 is 2.00 bits per heavy atom. The molecule has 0 atom stereocenters. The molecule has 2 aromatic rings. The highest BCUT2D eigenvalue weighted by Gasteiger charge is 2.01. The second-order valence-electron chi connectivity index (χ2n) is 3.28. The van der Waals surface area contributed by atoms with Crippen molar-refractivity contribution in [3.05, 3.63) is 52.2 Å². The molecule has 1 aromatic carbocycles. The number of benzene rings is 1. The number of carbonyl (C=O) groups is 1. The van der Waals surface area contributed by atoms with Crippen molar-refractivity contribution in [1.29, 1.82) is 0 Å². The van der Waals surface area contributed by atoms with E-state index in [1.54, 1.807) is 11.8 Å². The Balaban J connectivity index is 2.14. The highest BCUT2D eigenvalue weighted by Crippen LogP contribution is 2.15. The molecule has 0 saturated carbocycles. The fourth-order valence-corrected chi connectivity index (χ4v) is 2.26. The number of thioether (sulfide) groups is 1. The van der Waals surface area contributed by atoms with Crippen molar-refractivity contribution in [3.63, 3.8) is 0 Å². The van der Waals surface area contributed by atoms with Crippen LogP contribution in [0.25, 0.3) is 0 Å². The molecule has 0 bridgehead atoms. The van der Waals surface area contributed by atoms with E-state index in [1.807, 2.05) is 48.0 Å². The lowest BCUT2D eigenvalue weighted by Crippen LogP contribution is -1.94. The summed E-state index contributed by atoms with van der Waals surface area (Å²) >= 11 is 3.19. The third-order valence-electron chi connectivity index (χ3n) is 2.17. The molecule has 0 unspecified atom stereocenters. The van der Waals surface area contributed by atoms with Gasteiger partial charge >= 0.3 is 0 Å². The second-order valence-corrected chi connectivity index (χ2v) is 5.11. The Bertz CT molecular complexity index is 557. The minimum Gasteiger partial charge on any atom is -0.279 e. The quantitative estimate of drug-likeness (QED) is 0.464. The number of hydrogen-bond acceptors (Lipinski definition) is 3. The topological polar surface area (TPSA) is 17.1 Å². The Hall–Kier alpha value is -1.50. The molecule has 1 aromatic heterocycles. The van der Waals surface area contributed by atoms with E-state index in [2.05, 4.69) is 11.8 Å². The lowest BCUT2D eigenvalue weighted by molar-refractivity contribution is 0.105. The van der Waals surface area contributed by atoms with Gasteiger partial charge in [0.2, 0.25) is 5.78 Å². The molecule has 17 heavy (non-hydrogen) atoms. The van der Waals surface area contributed by atoms with Crippen LogP contribution >= 0.6 is 23.1 Å². The highest BCUT2D eigenvalue weighted by molar-refractivity contribution is 7.98. The van der Waals surface area contributed by atoms with Crippen LogP contribution in [0.1, 0.15) is 15.2 Å². The molecule has 0 spiro atoms. The summed E-state index contributed by atoms with van der Waals surface area (Å²) in [5, 5.41) is 1.95. The summed E-state index contributed by atoms with van der Waals surface area (Å²) in [5.74, 6) is 5.39. The standard InChI is InChI=1S/C14H10OS2/c1-16-12-6-4-11(5-7-12)14(15)9-8-13-3-2-10-17-13/h2-7,10H,1H3. The number of thiophene rings is 1. The molecule has 0 saturated heterocycles. The maximum atomic E-state index is 11.8. The molecule has 0 fully saturated rings. The van der Waals surface area contributed by atoms with Gasteiger partial charge in [-0.3, -0.25) is 4.79 Å². The van der Waals surface area contributed by atoms with Crippen molar-refractivity contribution in [1.82, 2.24) is 0 Å². The van der Waals surface area contributed by atoms with Gasteiger partial charge in [0, 0.05) is 10.5 Å². The van der Waals surface area contributed by atoms with Gasteiger partial charge in [-0.1, -0.05) is 6.07 Å². The SMILES string of the molecule is CSc1ccc(C(=O)C#Cc2cccs2)cc1. The molecule has 0 aliphatic rings. The van der Waals surface area contributed by atoms with Gasteiger partial charge in [-0.25, -0.2) is 0 Å². The van der Waals surface area contributed by atoms with Crippen LogP contribution in [0.3, 0.4) is 0 Å². The Morgan fingerprint density at radius 3 is 2.59 bits per heavy atom. The number of hydrogen-bond donors (Lipinski definition) is 0. The van der Waals surface area contributed by atoms with Gasteiger partial charge in [0.25, 0.3) is 0 Å². The second kappa shape index (κ2) is 5.72. The van der Waals surface area contributed by atoms with Gasteiger partial charge < -0.3 is 0 Å². The molecule has 0 aliphatic heterocycles. The largest absolute Gasteiger partial charge is 0.279 e. The van der Waals surface area contributed by atoms with Gasteiger partial charge in [0.1, 0.15) is 0 Å². The maximum absolute atomic E-state index is 11.8. The summed E-state index contributed by atoms with van der Waals surface area (Å²) in [4.78, 5) is 13.8. The van der Waals surface area contributed by atoms with Crippen molar-refractivity contribution >= 4 is 28.9 Å². The third kappa shape index (κ3) is 3.23. The molecule has 2 rings (SSSR count). The lowest BCUT2D eigenvalue weighted by atomic mass is 10.1. The van der Waals surface area contributed by atoms with Crippen LogP contribution in [0, 0.1) is 11.8 Å². The van der Waals surface area contributed by atoms with Crippen LogP contribution < -0.4 is 0 Å². The van der Waals surface area contributed by atoms with Gasteiger partial charge in [-0.15, -0.1) is 23.1 Å². The Morgan fingerprint density at radius 1 is 1.24 bits per heavy atom. The Labute approximate surface area is 109 Å². The lowest BCUT2D eigenvalue weighted by Gasteiger charge is -1.96. The minimum atomic E-state index is -0.133. The maximum Gasteiger partial charge on any atom is 0.236 e. The van der Waals surface area contributed by atoms with E-state index in [4.69, 9.17) is 0 Å². The van der Waals surface area contributed by atoms with E-state index < -0.39 is 0 Å². The summed E-state index contributed by atoms with van der Waals surface area (Å²) in [7, 11) is 0. The van der Waals surface area contributed by atoms with Crippen LogP contribution in [0.2, 0.25) is 0 Å². The molecule has 1 nitrogen and oxygen atoms in total. The number of ketones is 1. The average Bonchev–Trinajstić information content (AvgIpc) is 2.89. The molecule has 0 radical (unpaired) electrons. The number of carbonyl (C=O) groups excluding carboxylic acids is 1. The zero-order valence-corrected chi connectivity index (χ0v) is 10.9. The predicted octanol–water partition coefficient (Wildman–Crippen LogP) is 3.70. The minimum absolute atomic E-state index is 0.133. The molecule has 0 aliphatic carbocycles. The summed E-state index contributed by atoms with van der Waals surface area (Å²) in [6.45, 7) is 0. The van der Waals surface area contributed by atoms with E-state index in [0.717, 1.165) is 9.77 Å². The van der Waals surface area contributed by atoms with E-state index >= 15 is 0 Å². The molecule has 1 heterocycles. The van der Waals surface area contributed by atoms with Crippen LogP contribution in [-0.2, 0) is 0 Å². The molecule has 0 N–H and O–H groups in total. The zero-order valence-electron chi connectivity index (χ0n) is 9.27. The van der Waals surface area contributed by atoms with Crippen molar-refractivity contribution in [3.8, 4) is 11.8 Å². The molecule has 84 valence electrons. The van der Waals surface area contributed by atoms with Crippen LogP contribution in [0.4, 0.5) is 0 Å². The Kier molecular flexibility index (Phi) is 4.03. The van der Waals surface area contributed by atoms with Crippen molar-refractivity contribution in [2.45, 2.75) is 4.90 Å². The highest BCUT2D eigenvalue weighted by atomic mass is 32.2. The molecular weight excluding hydrogens is 248 g/mol. The normalized spacial score (nSPS) is 9.47. The summed E-state index contributed by atoms with van der Waals surface area (Å²) in [5.41, 5.74) is 0.645. The van der Waals surface area contributed by atoms with Gasteiger partial charge in [-0.2, -0.15) is 0 Å². The third-order valence-corrected chi connectivity index (χ3v) is 3.70. The van der Waals surface area contributed by atoms with E-state index in [-0.39, 0.29) is 5.78 Å². The van der Waals surface area contributed by atoms with Crippen molar-refractivity contribution in [2.75, 3.05) is 6.26 Å². The molecular formula is C14H10OS2. The zero-order chi connectivity index (χ0) is 12.1. The van der Waals surface area contributed by atoms with E-state index in [1.165, 1.54) is 11.3 Å². The number of Topliss-reactive ketones (excluding diaryl/α,β-unsaturated/α-hetero) is 1. The van der Waals surface area contributed by atoms with Crippen molar-refractivity contribution in [2.24, 2.45) is 0 Å². The number of rotatable bonds is 2. The van der Waals surface area contributed by atoms with Crippen LogP contribution in [0.15, 0.2) is 46.7 Å². The van der Waals surface area contributed by atoms with Crippen LogP contribution in [0.5, 0.6) is 0 Å². The monoisotopic (exact) mass is 258 g/mol. The van der Waals surface area contributed by atoms with Gasteiger partial charge in [-0.05, 0) is 53.8 Å². The fourth-order valence-electron chi connectivity index (χ4n) is 1.28. The smallest absolute Gasteiger partial charge is 0.236 e. The first-order chi connectivity index (χ1) is 8.29. The predicted molar refractivity (Wildman–Crippen MR) is 73.8 cm³/mol. The van der Waals surface area contributed by atoms with Gasteiger partial charge in [0.05, 0.1) is 4.88 Å².